The number of rotatable bonds is 6. The van der Waals surface area contributed by atoms with E-state index in [1.54, 1.807) is 4.90 Å². The third kappa shape index (κ3) is 6.09. The largest absolute Gasteiger partial charge is 0.489 e. The Hall–Kier alpha value is -5.15. The molecule has 4 aromatic rings. The number of piperazine rings is 1. The average Bonchev–Trinajstić information content (AvgIpc) is 3.76. The number of H-pyrrole nitrogens is 1. The highest BCUT2D eigenvalue weighted by Gasteiger charge is 2.49. The first-order valence-corrected chi connectivity index (χ1v) is 21.3. The number of hydrogen-bond acceptors (Lipinski definition) is 10. The number of carbonyl (C=O) groups is 3. The zero-order chi connectivity index (χ0) is 40.2. The number of piperidine rings is 1. The van der Waals surface area contributed by atoms with Crippen LogP contribution in [-0.4, -0.2) is 124 Å². The molecule has 13 nitrogen and oxygen atoms in total. The Balaban J connectivity index is 0.713. The van der Waals surface area contributed by atoms with E-state index in [0.717, 1.165) is 97.6 Å². The van der Waals surface area contributed by atoms with Gasteiger partial charge in [-0.15, -0.1) is 0 Å². The number of amides is 3. The fourth-order valence-corrected chi connectivity index (χ4v) is 11.6. The maximum Gasteiger partial charge on any atom is 0.255 e. The lowest BCUT2D eigenvalue weighted by Gasteiger charge is -2.55. The summed E-state index contributed by atoms with van der Waals surface area (Å²) >= 11 is 0. The van der Waals surface area contributed by atoms with Crippen LogP contribution in [0.15, 0.2) is 48.8 Å². The van der Waals surface area contributed by atoms with Crippen molar-refractivity contribution >= 4 is 40.3 Å². The molecule has 15 heteroatoms. The van der Waals surface area contributed by atoms with E-state index in [4.69, 9.17) is 14.7 Å². The molecule has 4 fully saturated rings. The molecular formula is C44H49F2N9O4. The minimum absolute atomic E-state index is 0.0575. The van der Waals surface area contributed by atoms with E-state index >= 15 is 0 Å². The Morgan fingerprint density at radius 3 is 2.53 bits per heavy atom. The van der Waals surface area contributed by atoms with Gasteiger partial charge in [0, 0.05) is 102 Å². The van der Waals surface area contributed by atoms with E-state index in [1.807, 2.05) is 54.5 Å². The van der Waals surface area contributed by atoms with E-state index in [0.29, 0.717) is 43.5 Å². The molecule has 3 saturated heterocycles. The van der Waals surface area contributed by atoms with Crippen LogP contribution in [0.4, 0.5) is 20.4 Å². The summed E-state index contributed by atoms with van der Waals surface area (Å²) in [6.45, 7) is 7.21. The van der Waals surface area contributed by atoms with Crippen LogP contribution in [0.25, 0.3) is 10.9 Å². The Bertz CT molecular complexity index is 2340. The number of aromatic amines is 1. The van der Waals surface area contributed by atoms with Gasteiger partial charge in [-0.2, -0.15) is 0 Å². The molecule has 308 valence electrons. The zero-order valence-corrected chi connectivity index (χ0v) is 33.2. The SMILES string of the molecule is C[C@@H]1Cc2c([nH]c3ccccc23)[C@@H](c2cnc(N3CC4(CCC(N5CCN6c7ccc8c(c7OC[C@H]6C5)CN(C5CCC(=O)NC5=O)C8=O)CC4)C3)nc2)N1CC(F)F. The molecule has 2 aromatic heterocycles. The number of hydrogen-bond donors (Lipinski definition) is 2. The van der Waals surface area contributed by atoms with E-state index in [9.17, 15) is 23.2 Å². The lowest BCUT2D eigenvalue weighted by molar-refractivity contribution is -0.136. The second-order valence-corrected chi connectivity index (χ2v) is 18.0. The Morgan fingerprint density at radius 1 is 0.949 bits per heavy atom. The Kier molecular flexibility index (Phi) is 8.74. The van der Waals surface area contributed by atoms with Crippen LogP contribution in [-0.2, 0) is 22.6 Å². The van der Waals surface area contributed by atoms with Crippen molar-refractivity contribution in [2.24, 2.45) is 5.41 Å². The predicted molar refractivity (Wildman–Crippen MR) is 216 cm³/mol. The van der Waals surface area contributed by atoms with Gasteiger partial charge in [0.05, 0.1) is 30.9 Å². The molecule has 1 aliphatic carbocycles. The van der Waals surface area contributed by atoms with Gasteiger partial charge in [-0.25, -0.2) is 18.7 Å². The fraction of sp³-hybridized carbons (Fsp3) is 0.523. The normalized spacial score (nSPS) is 27.1. The molecule has 0 radical (unpaired) electrons. The summed E-state index contributed by atoms with van der Waals surface area (Å²) in [5, 5.41) is 3.53. The topological polar surface area (TPSA) is 130 Å². The van der Waals surface area contributed by atoms with Crippen LogP contribution >= 0.6 is 0 Å². The molecule has 7 aliphatic rings. The summed E-state index contributed by atoms with van der Waals surface area (Å²) in [6, 6.07) is 11.7. The van der Waals surface area contributed by atoms with Crippen molar-refractivity contribution in [3.05, 3.63) is 76.7 Å². The van der Waals surface area contributed by atoms with Crippen LogP contribution in [0.1, 0.15) is 84.2 Å². The minimum atomic E-state index is -2.44. The molecule has 11 rings (SSSR count). The molecule has 1 spiro atoms. The summed E-state index contributed by atoms with van der Waals surface area (Å²) in [7, 11) is 0. The zero-order valence-electron chi connectivity index (χ0n) is 33.2. The van der Waals surface area contributed by atoms with Crippen LogP contribution in [0, 0.1) is 5.41 Å². The monoisotopic (exact) mass is 805 g/mol. The Morgan fingerprint density at radius 2 is 1.75 bits per heavy atom. The molecule has 2 aromatic carbocycles. The standard InChI is InChI=1S/C44H49F2N9O4/c1-25-16-31-29-4-2-3-5-33(29)49-38(31)39(54(25)21-36(45)46)26-17-47-43(48-18-26)52-23-44(24-52)12-10-27(11-13-44)51-14-15-53-28(19-51)22-59-40-32-20-55(35-8-9-37(56)50-41(35)57)42(58)30(32)6-7-34(40)53/h2-7,17-18,25,27-28,35-36,39,49H,8-16,19-24H2,1H3,(H,50,56,57)/t25-,28-,35?,39-/m1/s1. The second kappa shape index (κ2) is 14.0. The molecule has 2 N–H and O–H groups in total. The number of nitrogens with zero attached hydrogens (tertiary/aromatic N) is 7. The van der Waals surface area contributed by atoms with Gasteiger partial charge < -0.3 is 24.4 Å². The van der Waals surface area contributed by atoms with E-state index in [2.05, 4.69) is 31.1 Å². The van der Waals surface area contributed by atoms with Crippen molar-refractivity contribution in [2.75, 3.05) is 55.7 Å². The van der Waals surface area contributed by atoms with Crippen molar-refractivity contribution in [3.8, 4) is 5.75 Å². The third-order valence-electron chi connectivity index (χ3n) is 14.6. The number of fused-ring (bicyclic) bond motifs is 8. The average molecular weight is 806 g/mol. The highest BCUT2D eigenvalue weighted by molar-refractivity contribution is 6.06. The number of nitrogens with one attached hydrogen (secondary N) is 2. The van der Waals surface area contributed by atoms with Crippen molar-refractivity contribution in [2.45, 2.75) is 95.0 Å². The number of alkyl halides is 2. The molecule has 1 unspecified atom stereocenters. The molecule has 59 heavy (non-hydrogen) atoms. The minimum Gasteiger partial charge on any atom is -0.489 e. The van der Waals surface area contributed by atoms with Gasteiger partial charge >= 0.3 is 0 Å². The van der Waals surface area contributed by atoms with Gasteiger partial charge in [-0.3, -0.25) is 29.5 Å². The van der Waals surface area contributed by atoms with E-state index in [-0.39, 0.29) is 48.3 Å². The van der Waals surface area contributed by atoms with Crippen LogP contribution in [0.5, 0.6) is 5.75 Å². The smallest absolute Gasteiger partial charge is 0.255 e. The third-order valence-corrected chi connectivity index (χ3v) is 14.6. The number of anilines is 2. The maximum absolute atomic E-state index is 13.9. The molecule has 0 bridgehead atoms. The number of para-hydroxylation sites is 1. The van der Waals surface area contributed by atoms with Crippen LogP contribution in [0.3, 0.4) is 0 Å². The number of imide groups is 1. The number of halogens is 2. The van der Waals surface area contributed by atoms with Crippen molar-refractivity contribution < 1.29 is 27.9 Å². The summed E-state index contributed by atoms with van der Waals surface area (Å²) in [5.74, 6) is 0.574. The van der Waals surface area contributed by atoms with Crippen molar-refractivity contribution in [1.29, 1.82) is 0 Å². The maximum atomic E-state index is 13.9. The number of aromatic nitrogens is 3. The van der Waals surface area contributed by atoms with E-state index in [1.165, 1.54) is 5.56 Å². The molecule has 4 atom stereocenters. The quantitative estimate of drug-likeness (QED) is 0.266. The highest BCUT2D eigenvalue weighted by Crippen LogP contribution is 2.48. The first kappa shape index (κ1) is 36.9. The Labute approximate surface area is 341 Å². The number of carbonyl (C=O) groups excluding carboxylic acids is 3. The summed E-state index contributed by atoms with van der Waals surface area (Å²) in [4.78, 5) is 61.8. The molecule has 3 amide bonds. The summed E-state index contributed by atoms with van der Waals surface area (Å²) in [6.07, 6.45) is 7.13. The second-order valence-electron chi connectivity index (χ2n) is 18.0. The molecule has 8 heterocycles. The van der Waals surface area contributed by atoms with Gasteiger partial charge in [0.25, 0.3) is 12.3 Å². The van der Waals surface area contributed by atoms with Crippen molar-refractivity contribution in [1.82, 2.24) is 35.0 Å². The summed E-state index contributed by atoms with van der Waals surface area (Å²) in [5.41, 5.74) is 6.70. The van der Waals surface area contributed by atoms with Gasteiger partial charge in [-0.05, 0) is 69.2 Å². The fourth-order valence-electron chi connectivity index (χ4n) is 11.6. The first-order valence-electron chi connectivity index (χ1n) is 21.3. The molecular weight excluding hydrogens is 757 g/mol. The van der Waals surface area contributed by atoms with E-state index < -0.39 is 18.4 Å². The lowest BCUT2D eigenvalue weighted by atomic mass is 9.67. The number of ether oxygens (including phenoxy) is 1. The number of benzene rings is 2. The predicted octanol–water partition coefficient (Wildman–Crippen LogP) is 4.65. The molecule has 1 saturated carbocycles. The molecule has 6 aliphatic heterocycles. The van der Waals surface area contributed by atoms with Gasteiger partial charge in [0.1, 0.15) is 18.4 Å². The lowest BCUT2D eigenvalue weighted by Crippen LogP contribution is -2.62. The van der Waals surface area contributed by atoms with Crippen molar-refractivity contribution in [3.63, 3.8) is 0 Å². The van der Waals surface area contributed by atoms with Gasteiger partial charge in [0.2, 0.25) is 17.8 Å². The van der Waals surface area contributed by atoms with Crippen LogP contribution < -0.4 is 19.9 Å². The van der Waals surface area contributed by atoms with Gasteiger partial charge in [0.15, 0.2) is 0 Å². The highest BCUT2D eigenvalue weighted by atomic mass is 19.3. The first-order chi connectivity index (χ1) is 28.6. The van der Waals surface area contributed by atoms with Gasteiger partial charge in [-0.1, -0.05) is 18.2 Å². The summed E-state index contributed by atoms with van der Waals surface area (Å²) < 4.78 is 34.3. The van der Waals surface area contributed by atoms with Crippen LogP contribution in [0.2, 0.25) is 0 Å².